The van der Waals surface area contributed by atoms with Crippen LogP contribution < -0.4 is 0 Å². The van der Waals surface area contributed by atoms with E-state index in [4.69, 9.17) is 0 Å². The van der Waals surface area contributed by atoms with Gasteiger partial charge in [-0.2, -0.15) is 0 Å². The minimum atomic E-state index is -3.03. The van der Waals surface area contributed by atoms with Crippen molar-refractivity contribution in [3.8, 4) is 0 Å². The number of Topliss-reactive ketones (excluding diaryl/α,β-unsaturated/α-hetero) is 1. The molecule has 1 fully saturated rings. The summed E-state index contributed by atoms with van der Waals surface area (Å²) in [6, 6.07) is 5.96. The standard InChI is InChI=1S/C15H17NO3S/c1-10-3-4-12-13(8-16(2)14(12)7-10)15(17)11-5-6-20(18,19)9-11/h3-4,7-8,11H,5-6,9H2,1-2H3. The van der Waals surface area contributed by atoms with Crippen molar-refractivity contribution in [2.24, 2.45) is 13.0 Å². The van der Waals surface area contributed by atoms with Crippen molar-refractivity contribution in [2.45, 2.75) is 13.3 Å². The molecule has 1 aliphatic heterocycles. The third-order valence-electron chi connectivity index (χ3n) is 4.01. The van der Waals surface area contributed by atoms with Gasteiger partial charge in [0.1, 0.15) is 0 Å². The largest absolute Gasteiger partial charge is 0.350 e. The van der Waals surface area contributed by atoms with Gasteiger partial charge in [-0.05, 0) is 25.0 Å². The van der Waals surface area contributed by atoms with Crippen LogP contribution in [0.2, 0.25) is 0 Å². The summed E-state index contributed by atoms with van der Waals surface area (Å²) in [5.41, 5.74) is 2.79. The smallest absolute Gasteiger partial charge is 0.169 e. The monoisotopic (exact) mass is 291 g/mol. The van der Waals surface area contributed by atoms with Gasteiger partial charge in [-0.15, -0.1) is 0 Å². The Bertz CT molecular complexity index is 802. The minimum absolute atomic E-state index is 0.00587. The molecule has 0 N–H and O–H groups in total. The summed E-state index contributed by atoms with van der Waals surface area (Å²) in [4.78, 5) is 12.6. The van der Waals surface area contributed by atoms with Gasteiger partial charge in [-0.3, -0.25) is 4.79 Å². The van der Waals surface area contributed by atoms with E-state index in [1.54, 1.807) is 0 Å². The van der Waals surface area contributed by atoms with E-state index in [1.807, 2.05) is 42.9 Å². The first-order chi connectivity index (χ1) is 9.37. The molecule has 4 nitrogen and oxygen atoms in total. The van der Waals surface area contributed by atoms with Crippen molar-refractivity contribution in [2.75, 3.05) is 11.5 Å². The number of carbonyl (C=O) groups excluding carboxylic acids is 1. The van der Waals surface area contributed by atoms with Crippen molar-refractivity contribution in [3.05, 3.63) is 35.5 Å². The molecule has 3 rings (SSSR count). The second kappa shape index (κ2) is 4.45. The Morgan fingerprint density at radius 3 is 2.75 bits per heavy atom. The third kappa shape index (κ3) is 2.16. The number of carbonyl (C=O) groups is 1. The number of ketones is 1. The second-order valence-corrected chi connectivity index (χ2v) is 7.87. The molecule has 0 radical (unpaired) electrons. The number of fused-ring (bicyclic) bond motifs is 1. The quantitative estimate of drug-likeness (QED) is 0.796. The maximum absolute atomic E-state index is 12.6. The highest BCUT2D eigenvalue weighted by atomic mass is 32.2. The van der Waals surface area contributed by atoms with Crippen molar-refractivity contribution in [1.82, 2.24) is 4.57 Å². The second-order valence-electron chi connectivity index (χ2n) is 5.64. The van der Waals surface area contributed by atoms with E-state index in [9.17, 15) is 13.2 Å². The molecule has 1 unspecified atom stereocenters. The lowest BCUT2D eigenvalue weighted by molar-refractivity contribution is 0.0935. The number of hydrogen-bond acceptors (Lipinski definition) is 3. The topological polar surface area (TPSA) is 56.1 Å². The van der Waals surface area contributed by atoms with Crippen LogP contribution in [0.1, 0.15) is 22.3 Å². The first-order valence-electron chi connectivity index (χ1n) is 6.68. The van der Waals surface area contributed by atoms with Crippen molar-refractivity contribution >= 4 is 26.5 Å². The lowest BCUT2D eigenvalue weighted by atomic mass is 9.96. The van der Waals surface area contributed by atoms with E-state index in [0.29, 0.717) is 12.0 Å². The van der Waals surface area contributed by atoms with Gasteiger partial charge in [0.25, 0.3) is 0 Å². The van der Waals surface area contributed by atoms with Crippen LogP contribution in [0.3, 0.4) is 0 Å². The van der Waals surface area contributed by atoms with Crippen molar-refractivity contribution < 1.29 is 13.2 Å². The highest BCUT2D eigenvalue weighted by molar-refractivity contribution is 7.91. The Labute approximate surface area is 118 Å². The van der Waals surface area contributed by atoms with Crippen molar-refractivity contribution in [3.63, 3.8) is 0 Å². The average molecular weight is 291 g/mol. The molecule has 20 heavy (non-hydrogen) atoms. The average Bonchev–Trinajstić information content (AvgIpc) is 2.90. The maximum Gasteiger partial charge on any atom is 0.169 e. The zero-order chi connectivity index (χ0) is 14.5. The Morgan fingerprint density at radius 1 is 1.35 bits per heavy atom. The molecule has 2 aromatic rings. The van der Waals surface area contributed by atoms with Crippen LogP contribution >= 0.6 is 0 Å². The molecular weight excluding hydrogens is 274 g/mol. The molecule has 0 spiro atoms. The number of aryl methyl sites for hydroxylation is 2. The highest BCUT2D eigenvalue weighted by Gasteiger charge is 2.34. The molecular formula is C15H17NO3S. The molecule has 1 aliphatic rings. The SMILES string of the molecule is Cc1ccc2c(C(=O)C3CCS(=O)(=O)C3)cn(C)c2c1. The molecule has 1 aromatic heterocycles. The molecule has 1 saturated heterocycles. The van der Waals surface area contributed by atoms with Gasteiger partial charge in [0.05, 0.1) is 11.5 Å². The normalized spacial score (nSPS) is 21.4. The highest BCUT2D eigenvalue weighted by Crippen LogP contribution is 2.28. The molecule has 1 aromatic carbocycles. The number of aromatic nitrogens is 1. The van der Waals surface area contributed by atoms with Gasteiger partial charge >= 0.3 is 0 Å². The van der Waals surface area contributed by atoms with Gasteiger partial charge in [-0.1, -0.05) is 12.1 Å². The molecule has 0 bridgehead atoms. The molecule has 1 atom stereocenters. The minimum Gasteiger partial charge on any atom is -0.350 e. The maximum atomic E-state index is 12.6. The Hall–Kier alpha value is -1.62. The molecule has 0 amide bonds. The summed E-state index contributed by atoms with van der Waals surface area (Å²) < 4.78 is 25.0. The van der Waals surface area contributed by atoms with E-state index < -0.39 is 9.84 Å². The fourth-order valence-corrected chi connectivity index (χ4v) is 4.65. The lowest BCUT2D eigenvalue weighted by Gasteiger charge is -2.05. The zero-order valence-electron chi connectivity index (χ0n) is 11.6. The van der Waals surface area contributed by atoms with Crippen molar-refractivity contribution in [1.29, 1.82) is 0 Å². The molecule has 0 saturated carbocycles. The zero-order valence-corrected chi connectivity index (χ0v) is 12.4. The van der Waals surface area contributed by atoms with Crippen LogP contribution in [0.5, 0.6) is 0 Å². The summed E-state index contributed by atoms with van der Waals surface area (Å²) >= 11 is 0. The van der Waals surface area contributed by atoms with E-state index in [2.05, 4.69) is 0 Å². The number of hydrogen-bond donors (Lipinski definition) is 0. The predicted molar refractivity (Wildman–Crippen MR) is 78.7 cm³/mol. The fraction of sp³-hybridized carbons (Fsp3) is 0.400. The van der Waals surface area contributed by atoms with Gasteiger partial charge in [0.2, 0.25) is 0 Å². The first kappa shape index (κ1) is 13.4. The van der Waals surface area contributed by atoms with Gasteiger partial charge in [-0.25, -0.2) is 8.42 Å². The van der Waals surface area contributed by atoms with E-state index >= 15 is 0 Å². The summed E-state index contributed by atoms with van der Waals surface area (Å²) in [5, 5.41) is 0.910. The summed E-state index contributed by atoms with van der Waals surface area (Å²) in [5.74, 6) is -0.297. The van der Waals surface area contributed by atoms with Crippen LogP contribution in [-0.2, 0) is 16.9 Å². The molecule has 0 aliphatic carbocycles. The van der Waals surface area contributed by atoms with Crippen LogP contribution in [0, 0.1) is 12.8 Å². The van der Waals surface area contributed by atoms with Gasteiger partial charge < -0.3 is 4.57 Å². The number of rotatable bonds is 2. The van der Waals surface area contributed by atoms with Crippen LogP contribution in [-0.4, -0.2) is 30.3 Å². The fourth-order valence-electron chi connectivity index (χ4n) is 2.91. The molecule has 5 heteroatoms. The molecule has 106 valence electrons. The van der Waals surface area contributed by atoms with Crippen LogP contribution in [0.15, 0.2) is 24.4 Å². The van der Waals surface area contributed by atoms with Gasteiger partial charge in [0.15, 0.2) is 15.6 Å². The van der Waals surface area contributed by atoms with E-state index in [0.717, 1.165) is 16.5 Å². The van der Waals surface area contributed by atoms with Crippen LogP contribution in [0.25, 0.3) is 10.9 Å². The summed E-state index contributed by atoms with van der Waals surface area (Å²) in [6.45, 7) is 2.01. The Kier molecular flexibility index (Phi) is 2.97. The number of nitrogens with zero attached hydrogens (tertiary/aromatic N) is 1. The molecule has 2 heterocycles. The summed E-state index contributed by atoms with van der Waals surface area (Å²) in [6.07, 6.45) is 2.26. The predicted octanol–water partition coefficient (Wildman–Crippen LogP) is 2.10. The Morgan fingerprint density at radius 2 is 2.10 bits per heavy atom. The lowest BCUT2D eigenvalue weighted by Crippen LogP contribution is -2.16. The number of sulfone groups is 1. The Balaban J connectivity index is 2.05. The number of benzene rings is 1. The van der Waals surface area contributed by atoms with E-state index in [-0.39, 0.29) is 23.2 Å². The summed E-state index contributed by atoms with van der Waals surface area (Å²) in [7, 11) is -1.12. The first-order valence-corrected chi connectivity index (χ1v) is 8.50. The third-order valence-corrected chi connectivity index (χ3v) is 5.78. The van der Waals surface area contributed by atoms with E-state index in [1.165, 1.54) is 0 Å². The van der Waals surface area contributed by atoms with Gasteiger partial charge in [0, 0.05) is 35.6 Å². The van der Waals surface area contributed by atoms with Crippen LogP contribution in [0.4, 0.5) is 0 Å².